The molecule has 0 radical (unpaired) electrons. The van der Waals surface area contributed by atoms with Crippen molar-refractivity contribution in [3.63, 3.8) is 0 Å². The van der Waals surface area contributed by atoms with E-state index >= 15 is 0 Å². The second kappa shape index (κ2) is 5.53. The first-order valence-corrected chi connectivity index (χ1v) is 5.56. The Morgan fingerprint density at radius 2 is 2.32 bits per heavy atom. The van der Waals surface area contributed by atoms with Gasteiger partial charge in [-0.25, -0.2) is 9.67 Å². The van der Waals surface area contributed by atoms with Crippen molar-refractivity contribution in [1.82, 2.24) is 20.1 Å². The van der Waals surface area contributed by atoms with Crippen molar-refractivity contribution in [3.8, 4) is 0 Å². The number of aromatic nitrogens is 3. The highest BCUT2D eigenvalue weighted by molar-refractivity contribution is 5.35. The minimum Gasteiger partial charge on any atom is -0.313 e. The second-order valence-corrected chi connectivity index (χ2v) is 3.91. The Bertz CT molecular complexity index is 599. The van der Waals surface area contributed by atoms with Gasteiger partial charge in [-0.15, -0.1) is 0 Å². The molecule has 2 aromatic rings. The molecule has 0 aliphatic rings. The van der Waals surface area contributed by atoms with Crippen molar-refractivity contribution in [2.24, 2.45) is 0 Å². The van der Waals surface area contributed by atoms with Crippen LogP contribution in [-0.2, 0) is 13.1 Å². The lowest BCUT2D eigenvalue weighted by atomic mass is 10.2. The van der Waals surface area contributed by atoms with Crippen molar-refractivity contribution >= 4 is 5.69 Å². The number of nitrogens with zero attached hydrogens (tertiary/aromatic N) is 4. The first-order chi connectivity index (χ1) is 9.11. The Labute approximate surface area is 108 Å². The number of nitrogens with one attached hydrogen (secondary N) is 1. The molecule has 0 aliphatic carbocycles. The molecule has 7 nitrogen and oxygen atoms in total. The van der Waals surface area contributed by atoms with Crippen LogP contribution < -0.4 is 5.32 Å². The van der Waals surface area contributed by atoms with E-state index in [-0.39, 0.29) is 0 Å². The third-order valence-corrected chi connectivity index (χ3v) is 2.57. The van der Waals surface area contributed by atoms with Gasteiger partial charge in [0.15, 0.2) is 0 Å². The molecule has 1 aromatic carbocycles. The van der Waals surface area contributed by atoms with Crippen LogP contribution in [0.4, 0.5) is 10.1 Å². The molecular weight excluding hydrogens is 253 g/mol. The minimum absolute atomic E-state index is 0.311. The highest BCUT2D eigenvalue weighted by Crippen LogP contribution is 2.18. The zero-order valence-electron chi connectivity index (χ0n) is 10.2. The summed E-state index contributed by atoms with van der Waals surface area (Å²) in [6, 6.07) is 3.80. The zero-order valence-corrected chi connectivity index (χ0v) is 10.2. The average Bonchev–Trinajstić information content (AvgIpc) is 2.77. The van der Waals surface area contributed by atoms with Crippen LogP contribution in [0.5, 0.6) is 0 Å². The third-order valence-electron chi connectivity index (χ3n) is 2.57. The Balaban J connectivity index is 2.21. The molecular formula is C11H12FN5O2. The monoisotopic (exact) mass is 265 g/mol. The predicted octanol–water partition coefficient (Wildman–Crippen LogP) is 1.09. The number of nitro groups is 1. The SMILES string of the molecule is CNCc1ncnn1Cc1ccc([N+](=O)[O-])c(F)c1. The van der Waals surface area contributed by atoms with Gasteiger partial charge in [-0.2, -0.15) is 9.49 Å². The van der Waals surface area contributed by atoms with Gasteiger partial charge < -0.3 is 5.32 Å². The standard InChI is InChI=1S/C11H12FN5O2/c1-13-5-11-14-7-15-16(11)6-8-2-3-10(17(18)19)9(12)4-8/h2-4,7,13H,5-6H2,1H3. The first-order valence-electron chi connectivity index (χ1n) is 5.56. The molecule has 1 N–H and O–H groups in total. The summed E-state index contributed by atoms with van der Waals surface area (Å²) in [4.78, 5) is 13.8. The van der Waals surface area contributed by atoms with Gasteiger partial charge in [-0.05, 0) is 18.7 Å². The highest BCUT2D eigenvalue weighted by atomic mass is 19.1. The van der Waals surface area contributed by atoms with E-state index in [9.17, 15) is 14.5 Å². The van der Waals surface area contributed by atoms with Crippen molar-refractivity contribution in [3.05, 3.63) is 51.8 Å². The highest BCUT2D eigenvalue weighted by Gasteiger charge is 2.14. The Morgan fingerprint density at radius 1 is 1.53 bits per heavy atom. The topological polar surface area (TPSA) is 85.9 Å². The zero-order chi connectivity index (χ0) is 13.8. The van der Waals surface area contributed by atoms with Crippen molar-refractivity contribution in [2.45, 2.75) is 13.1 Å². The van der Waals surface area contributed by atoms with Gasteiger partial charge in [0.2, 0.25) is 5.82 Å². The van der Waals surface area contributed by atoms with Crippen LogP contribution in [0.25, 0.3) is 0 Å². The molecule has 0 aliphatic heterocycles. The normalized spacial score (nSPS) is 10.6. The lowest BCUT2D eigenvalue weighted by Crippen LogP contribution is -2.14. The summed E-state index contributed by atoms with van der Waals surface area (Å²) in [6.45, 7) is 0.849. The summed E-state index contributed by atoms with van der Waals surface area (Å²) in [6.07, 6.45) is 1.41. The summed E-state index contributed by atoms with van der Waals surface area (Å²) in [5.74, 6) is -0.140. The molecule has 0 unspecified atom stereocenters. The third kappa shape index (κ3) is 2.91. The van der Waals surface area contributed by atoms with Crippen LogP contribution in [0.2, 0.25) is 0 Å². The molecule has 1 heterocycles. The van der Waals surface area contributed by atoms with Gasteiger partial charge in [-0.1, -0.05) is 6.07 Å². The molecule has 0 spiro atoms. The van der Waals surface area contributed by atoms with E-state index in [2.05, 4.69) is 15.4 Å². The molecule has 0 amide bonds. The number of hydrogen-bond donors (Lipinski definition) is 1. The van der Waals surface area contributed by atoms with E-state index in [1.807, 2.05) is 0 Å². The number of benzene rings is 1. The molecule has 2 rings (SSSR count). The fourth-order valence-electron chi connectivity index (χ4n) is 1.68. The number of rotatable bonds is 5. The molecule has 0 bridgehead atoms. The van der Waals surface area contributed by atoms with Gasteiger partial charge in [-0.3, -0.25) is 10.1 Å². The van der Waals surface area contributed by atoms with Gasteiger partial charge >= 0.3 is 5.69 Å². The molecule has 0 saturated heterocycles. The van der Waals surface area contributed by atoms with Crippen LogP contribution in [0.3, 0.4) is 0 Å². The lowest BCUT2D eigenvalue weighted by Gasteiger charge is -2.06. The van der Waals surface area contributed by atoms with Crippen molar-refractivity contribution in [1.29, 1.82) is 0 Å². The van der Waals surface area contributed by atoms with Crippen LogP contribution in [0.15, 0.2) is 24.5 Å². The fraction of sp³-hybridized carbons (Fsp3) is 0.273. The molecule has 0 atom stereocenters. The largest absolute Gasteiger partial charge is 0.313 e. The Hall–Kier alpha value is -2.35. The fourth-order valence-corrected chi connectivity index (χ4v) is 1.68. The number of nitro benzene ring substituents is 1. The molecule has 0 saturated carbocycles. The predicted molar refractivity (Wildman–Crippen MR) is 64.9 cm³/mol. The average molecular weight is 265 g/mol. The van der Waals surface area contributed by atoms with Crippen LogP contribution in [0.1, 0.15) is 11.4 Å². The summed E-state index contributed by atoms with van der Waals surface area (Å²) in [5, 5.41) is 17.5. The maximum Gasteiger partial charge on any atom is 0.304 e. The van der Waals surface area contributed by atoms with Gasteiger partial charge in [0.05, 0.1) is 18.0 Å². The molecule has 8 heteroatoms. The number of halogens is 1. The Morgan fingerprint density at radius 3 is 2.95 bits per heavy atom. The second-order valence-electron chi connectivity index (χ2n) is 3.91. The van der Waals surface area contributed by atoms with Crippen molar-refractivity contribution < 1.29 is 9.31 Å². The maximum atomic E-state index is 13.5. The molecule has 19 heavy (non-hydrogen) atoms. The number of hydrogen-bond acceptors (Lipinski definition) is 5. The lowest BCUT2D eigenvalue weighted by molar-refractivity contribution is -0.387. The molecule has 1 aromatic heterocycles. The first kappa shape index (κ1) is 13.1. The van der Waals surface area contributed by atoms with Gasteiger partial charge in [0.1, 0.15) is 12.2 Å². The van der Waals surface area contributed by atoms with E-state index in [0.717, 1.165) is 12.1 Å². The Kier molecular flexibility index (Phi) is 3.81. The summed E-state index contributed by atoms with van der Waals surface area (Å²) < 4.78 is 15.1. The summed E-state index contributed by atoms with van der Waals surface area (Å²) in [7, 11) is 1.78. The van der Waals surface area contributed by atoms with Crippen LogP contribution >= 0.6 is 0 Å². The van der Waals surface area contributed by atoms with E-state index in [1.54, 1.807) is 11.7 Å². The van der Waals surface area contributed by atoms with E-state index < -0.39 is 16.4 Å². The minimum atomic E-state index is -0.849. The molecule has 0 fully saturated rings. The van der Waals surface area contributed by atoms with Crippen LogP contribution in [0, 0.1) is 15.9 Å². The van der Waals surface area contributed by atoms with Crippen LogP contribution in [-0.4, -0.2) is 26.7 Å². The quantitative estimate of drug-likeness (QED) is 0.646. The van der Waals surface area contributed by atoms with E-state index in [1.165, 1.54) is 12.4 Å². The summed E-state index contributed by atoms with van der Waals surface area (Å²) >= 11 is 0. The summed E-state index contributed by atoms with van der Waals surface area (Å²) in [5.41, 5.74) is 0.0590. The van der Waals surface area contributed by atoms with Gasteiger partial charge in [0.25, 0.3) is 0 Å². The van der Waals surface area contributed by atoms with Gasteiger partial charge in [0, 0.05) is 6.07 Å². The smallest absolute Gasteiger partial charge is 0.304 e. The van der Waals surface area contributed by atoms with E-state index in [4.69, 9.17) is 0 Å². The van der Waals surface area contributed by atoms with E-state index in [0.29, 0.717) is 24.5 Å². The maximum absolute atomic E-state index is 13.5. The molecule has 100 valence electrons. The van der Waals surface area contributed by atoms with Crippen molar-refractivity contribution in [2.75, 3.05) is 7.05 Å².